The molecular weight excluding hydrogens is 425 g/mol. The SMILES string of the molecule is C[N+]1=Cc2c(C3SCCNC3=O)c3ccccc3n2CC1.Clc1ccccc1Cl. The van der Waals surface area contributed by atoms with Gasteiger partial charge in [0.15, 0.2) is 12.8 Å². The topological polar surface area (TPSA) is 37.0 Å². The van der Waals surface area contributed by atoms with Gasteiger partial charge in [-0.25, -0.2) is 4.58 Å². The summed E-state index contributed by atoms with van der Waals surface area (Å²) in [6.45, 7) is 2.76. The fraction of sp³-hybridized carbons (Fsp3) is 0.273. The van der Waals surface area contributed by atoms with Crippen molar-refractivity contribution in [3.8, 4) is 0 Å². The highest BCUT2D eigenvalue weighted by Gasteiger charge is 2.33. The molecule has 4 nitrogen and oxygen atoms in total. The van der Waals surface area contributed by atoms with Crippen LogP contribution in [0, 0.1) is 0 Å². The average molecular weight is 447 g/mol. The van der Waals surface area contributed by atoms with E-state index in [0.717, 1.165) is 25.4 Å². The Morgan fingerprint density at radius 2 is 1.79 bits per heavy atom. The largest absolute Gasteiger partial charge is 0.354 e. The van der Waals surface area contributed by atoms with E-state index in [9.17, 15) is 4.79 Å². The van der Waals surface area contributed by atoms with Gasteiger partial charge in [0.1, 0.15) is 18.0 Å². The first-order valence-corrected chi connectivity index (χ1v) is 11.3. The lowest BCUT2D eigenvalue weighted by Crippen LogP contribution is -2.35. The smallest absolute Gasteiger partial charge is 0.237 e. The highest BCUT2D eigenvalue weighted by Crippen LogP contribution is 2.39. The summed E-state index contributed by atoms with van der Waals surface area (Å²) in [5.41, 5.74) is 3.62. The molecule has 29 heavy (non-hydrogen) atoms. The van der Waals surface area contributed by atoms with Crippen LogP contribution in [0.25, 0.3) is 10.9 Å². The van der Waals surface area contributed by atoms with E-state index < -0.39 is 0 Å². The van der Waals surface area contributed by atoms with E-state index >= 15 is 0 Å². The van der Waals surface area contributed by atoms with Crippen LogP contribution in [0.2, 0.25) is 10.0 Å². The van der Waals surface area contributed by atoms with Gasteiger partial charge in [-0.2, -0.15) is 0 Å². The van der Waals surface area contributed by atoms with Crippen molar-refractivity contribution in [3.63, 3.8) is 0 Å². The van der Waals surface area contributed by atoms with E-state index in [-0.39, 0.29) is 11.2 Å². The van der Waals surface area contributed by atoms with Gasteiger partial charge in [0.05, 0.1) is 16.6 Å². The van der Waals surface area contributed by atoms with E-state index in [1.165, 1.54) is 22.2 Å². The number of fused-ring (bicyclic) bond motifs is 3. The summed E-state index contributed by atoms with van der Waals surface area (Å²) in [5.74, 6) is 1.12. The zero-order valence-corrected chi connectivity index (χ0v) is 18.4. The van der Waals surface area contributed by atoms with Gasteiger partial charge in [0.25, 0.3) is 0 Å². The average Bonchev–Trinajstić information content (AvgIpc) is 3.04. The Balaban J connectivity index is 0.000000216. The van der Waals surface area contributed by atoms with Gasteiger partial charge < -0.3 is 9.88 Å². The molecule has 3 heterocycles. The molecule has 0 saturated carbocycles. The third kappa shape index (κ3) is 4.18. The maximum absolute atomic E-state index is 12.3. The standard InChI is InChI=1S/C16H17N3OS.C6H4Cl2/c1-18-7-8-19-12-5-3-2-4-11(12)14(13(19)10-18)15-16(20)17-6-9-21-15;7-5-3-1-2-4-6(5)8/h2-5,10,15H,6-9H2,1H3;1-4H/p+1. The van der Waals surface area contributed by atoms with Crippen molar-refractivity contribution in [3.05, 3.63) is 69.8 Å². The molecule has 0 spiro atoms. The molecule has 1 saturated heterocycles. The zero-order chi connectivity index (χ0) is 20.4. The summed E-state index contributed by atoms with van der Waals surface area (Å²) < 4.78 is 4.57. The Kier molecular flexibility index (Phi) is 6.18. The molecule has 7 heteroatoms. The van der Waals surface area contributed by atoms with Crippen LogP contribution in [0.5, 0.6) is 0 Å². The quantitative estimate of drug-likeness (QED) is 0.553. The molecule has 1 amide bonds. The van der Waals surface area contributed by atoms with Crippen LogP contribution < -0.4 is 5.32 Å². The molecule has 2 aliphatic heterocycles. The molecule has 2 aliphatic rings. The first kappa shape index (κ1) is 20.3. The minimum Gasteiger partial charge on any atom is -0.354 e. The zero-order valence-electron chi connectivity index (χ0n) is 16.1. The summed E-state index contributed by atoms with van der Waals surface area (Å²) in [5, 5.41) is 5.34. The van der Waals surface area contributed by atoms with Crippen LogP contribution in [-0.2, 0) is 11.3 Å². The lowest BCUT2D eigenvalue weighted by Gasteiger charge is -2.22. The number of para-hydroxylation sites is 1. The Labute approximate surface area is 184 Å². The molecule has 0 radical (unpaired) electrons. The summed E-state index contributed by atoms with van der Waals surface area (Å²) in [6, 6.07) is 15.6. The van der Waals surface area contributed by atoms with Crippen molar-refractivity contribution in [1.29, 1.82) is 0 Å². The number of nitrogens with zero attached hydrogens (tertiary/aromatic N) is 2. The monoisotopic (exact) mass is 446 g/mol. The lowest BCUT2D eigenvalue weighted by molar-refractivity contribution is -0.496. The minimum atomic E-state index is -0.0948. The van der Waals surface area contributed by atoms with Crippen LogP contribution in [0.1, 0.15) is 16.5 Å². The van der Waals surface area contributed by atoms with Gasteiger partial charge in [-0.05, 0) is 18.2 Å². The number of benzene rings is 2. The van der Waals surface area contributed by atoms with E-state index in [2.05, 4.69) is 52.0 Å². The maximum Gasteiger partial charge on any atom is 0.237 e. The van der Waals surface area contributed by atoms with Crippen molar-refractivity contribution in [2.24, 2.45) is 0 Å². The van der Waals surface area contributed by atoms with Gasteiger partial charge in [0.2, 0.25) is 5.91 Å². The minimum absolute atomic E-state index is 0.0948. The van der Waals surface area contributed by atoms with E-state index in [1.807, 2.05) is 12.1 Å². The number of rotatable bonds is 1. The van der Waals surface area contributed by atoms with Gasteiger partial charge in [-0.15, -0.1) is 11.8 Å². The number of hydrogen-bond acceptors (Lipinski definition) is 2. The molecule has 1 fully saturated rings. The summed E-state index contributed by atoms with van der Waals surface area (Å²) >= 11 is 12.9. The number of carbonyl (C=O) groups excluding carboxylic acids is 1. The van der Waals surface area contributed by atoms with Crippen LogP contribution in [-0.4, -0.2) is 47.2 Å². The molecule has 3 aromatic rings. The molecule has 2 aromatic carbocycles. The molecule has 0 bridgehead atoms. The van der Waals surface area contributed by atoms with Crippen molar-refractivity contribution in [2.45, 2.75) is 11.8 Å². The predicted octanol–water partition coefficient (Wildman–Crippen LogP) is 4.61. The second-order valence-corrected chi connectivity index (χ2v) is 9.06. The molecule has 150 valence electrons. The number of nitrogens with one attached hydrogen (secondary N) is 1. The van der Waals surface area contributed by atoms with Gasteiger partial charge >= 0.3 is 0 Å². The second-order valence-electron chi connectivity index (χ2n) is 7.03. The van der Waals surface area contributed by atoms with Crippen LogP contribution in [0.4, 0.5) is 0 Å². The molecule has 5 rings (SSSR count). The second kappa shape index (κ2) is 8.82. The molecule has 0 aliphatic carbocycles. The highest BCUT2D eigenvalue weighted by molar-refractivity contribution is 8.00. The fourth-order valence-corrected chi connectivity index (χ4v) is 5.09. The van der Waals surface area contributed by atoms with Crippen molar-refractivity contribution < 1.29 is 9.37 Å². The number of amides is 1. The third-order valence-corrected chi connectivity index (χ3v) is 7.06. The number of likely N-dealkylation sites (N-methyl/N-ethyl adjacent to an activating group) is 1. The Hall–Kier alpha value is -1.95. The predicted molar refractivity (Wildman–Crippen MR) is 123 cm³/mol. The van der Waals surface area contributed by atoms with Crippen molar-refractivity contribution >= 4 is 58.0 Å². The van der Waals surface area contributed by atoms with Crippen molar-refractivity contribution in [1.82, 2.24) is 9.88 Å². The van der Waals surface area contributed by atoms with E-state index in [4.69, 9.17) is 23.2 Å². The Bertz CT molecular complexity index is 1070. The van der Waals surface area contributed by atoms with Gasteiger partial charge in [0, 0.05) is 28.8 Å². The lowest BCUT2D eigenvalue weighted by atomic mass is 10.1. The summed E-state index contributed by atoms with van der Waals surface area (Å²) in [4.78, 5) is 12.3. The first-order valence-electron chi connectivity index (χ1n) is 9.52. The normalized spacial score (nSPS) is 18.4. The molecule has 1 atom stereocenters. The van der Waals surface area contributed by atoms with Crippen LogP contribution in [0.3, 0.4) is 0 Å². The fourth-order valence-electron chi connectivity index (χ4n) is 3.71. The summed E-state index contributed by atoms with van der Waals surface area (Å²) in [7, 11) is 2.10. The maximum atomic E-state index is 12.3. The molecule has 1 unspecified atom stereocenters. The first-order chi connectivity index (χ1) is 14.1. The summed E-state index contributed by atoms with van der Waals surface area (Å²) in [6.07, 6.45) is 2.18. The number of hydrogen-bond donors (Lipinski definition) is 1. The van der Waals surface area contributed by atoms with Crippen molar-refractivity contribution in [2.75, 3.05) is 25.9 Å². The number of aromatic nitrogens is 1. The molecular formula is C22H22Cl2N3OS+. The van der Waals surface area contributed by atoms with Gasteiger partial charge in [-0.3, -0.25) is 4.79 Å². The number of thioether (sulfide) groups is 1. The molecule has 1 N–H and O–H groups in total. The number of halogens is 2. The Morgan fingerprint density at radius 1 is 1.10 bits per heavy atom. The molecule has 1 aromatic heterocycles. The van der Waals surface area contributed by atoms with Crippen LogP contribution >= 0.6 is 35.0 Å². The Morgan fingerprint density at radius 3 is 2.48 bits per heavy atom. The third-order valence-electron chi connectivity index (χ3n) is 5.08. The van der Waals surface area contributed by atoms with Gasteiger partial charge in [-0.1, -0.05) is 53.5 Å². The van der Waals surface area contributed by atoms with Crippen LogP contribution in [0.15, 0.2) is 48.5 Å². The number of carbonyl (C=O) groups is 1. The van der Waals surface area contributed by atoms with E-state index in [1.54, 1.807) is 23.9 Å². The highest BCUT2D eigenvalue weighted by atomic mass is 35.5. The van der Waals surface area contributed by atoms with E-state index in [0.29, 0.717) is 10.0 Å².